The van der Waals surface area contributed by atoms with Crippen molar-refractivity contribution in [2.24, 2.45) is 5.73 Å². The third-order valence-electron chi connectivity index (χ3n) is 2.00. The Bertz CT molecular complexity index is 305. The van der Waals surface area contributed by atoms with E-state index < -0.39 is 0 Å². The minimum Gasteiger partial charge on any atom is -0.492 e. The molecule has 0 heterocycles. The van der Waals surface area contributed by atoms with Crippen LogP contribution in [0.3, 0.4) is 0 Å². The van der Waals surface area contributed by atoms with Crippen LogP contribution in [0.15, 0.2) is 18.2 Å². The Morgan fingerprint density at radius 3 is 2.67 bits per heavy atom. The Kier molecular flexibility index (Phi) is 5.84. The molecule has 0 unspecified atom stereocenters. The largest absolute Gasteiger partial charge is 0.492 e. The molecule has 1 aromatic rings. The van der Waals surface area contributed by atoms with E-state index in [0.717, 1.165) is 25.8 Å². The normalized spacial score (nSPS) is 10.3. The molecule has 0 fully saturated rings. The van der Waals surface area contributed by atoms with Gasteiger partial charge in [-0.3, -0.25) is 0 Å². The van der Waals surface area contributed by atoms with Crippen LogP contribution in [0.5, 0.6) is 5.75 Å². The first-order chi connectivity index (χ1) is 7.24. The van der Waals surface area contributed by atoms with E-state index in [1.165, 1.54) is 0 Å². The molecule has 15 heavy (non-hydrogen) atoms. The summed E-state index contributed by atoms with van der Waals surface area (Å²) in [5.74, 6) is 0.650. The van der Waals surface area contributed by atoms with Gasteiger partial charge in [-0.2, -0.15) is 0 Å². The molecule has 2 N–H and O–H groups in total. The van der Waals surface area contributed by atoms with E-state index in [2.05, 4.69) is 0 Å². The molecule has 2 nitrogen and oxygen atoms in total. The average molecular weight is 248 g/mol. The highest BCUT2D eigenvalue weighted by atomic mass is 35.5. The van der Waals surface area contributed by atoms with Gasteiger partial charge in [0.25, 0.3) is 0 Å². The van der Waals surface area contributed by atoms with Crippen molar-refractivity contribution in [2.75, 3.05) is 13.2 Å². The number of ether oxygens (including phenoxy) is 1. The lowest BCUT2D eigenvalue weighted by atomic mass is 10.2. The molecule has 0 aliphatic rings. The molecule has 0 atom stereocenters. The van der Waals surface area contributed by atoms with Crippen molar-refractivity contribution in [2.45, 2.75) is 19.3 Å². The van der Waals surface area contributed by atoms with E-state index >= 15 is 0 Å². The monoisotopic (exact) mass is 247 g/mol. The topological polar surface area (TPSA) is 35.2 Å². The van der Waals surface area contributed by atoms with Gasteiger partial charge in [0.05, 0.1) is 11.6 Å². The van der Waals surface area contributed by atoms with E-state index in [0.29, 0.717) is 22.4 Å². The Morgan fingerprint density at radius 2 is 1.93 bits per heavy atom. The van der Waals surface area contributed by atoms with E-state index in [-0.39, 0.29) is 0 Å². The fourth-order valence-corrected chi connectivity index (χ4v) is 1.53. The lowest BCUT2D eigenvalue weighted by Crippen LogP contribution is -2.01. The van der Waals surface area contributed by atoms with Crippen LogP contribution in [0, 0.1) is 0 Å². The molecule has 0 aliphatic carbocycles. The minimum atomic E-state index is 0.596. The van der Waals surface area contributed by atoms with Crippen molar-refractivity contribution in [3.05, 3.63) is 28.2 Å². The van der Waals surface area contributed by atoms with Crippen molar-refractivity contribution in [1.82, 2.24) is 0 Å². The number of halogens is 2. The molecule has 0 aromatic heterocycles. The molecule has 0 saturated carbocycles. The standard InChI is InChI=1S/C11H15Cl2NO/c12-9-4-5-10(13)11(8-9)15-7-3-1-2-6-14/h4-5,8H,1-3,6-7,14H2. The van der Waals surface area contributed by atoms with Gasteiger partial charge in [-0.25, -0.2) is 0 Å². The highest BCUT2D eigenvalue weighted by Gasteiger charge is 2.01. The maximum Gasteiger partial charge on any atom is 0.139 e. The number of nitrogens with two attached hydrogens (primary N) is 1. The molecule has 84 valence electrons. The highest BCUT2D eigenvalue weighted by Crippen LogP contribution is 2.27. The highest BCUT2D eigenvalue weighted by molar-refractivity contribution is 6.34. The molecule has 0 saturated heterocycles. The lowest BCUT2D eigenvalue weighted by molar-refractivity contribution is 0.306. The van der Waals surface area contributed by atoms with Gasteiger partial charge in [-0.15, -0.1) is 0 Å². The van der Waals surface area contributed by atoms with Gasteiger partial charge >= 0.3 is 0 Å². The molecule has 1 aromatic carbocycles. The fraction of sp³-hybridized carbons (Fsp3) is 0.455. The van der Waals surface area contributed by atoms with Gasteiger partial charge in [0.15, 0.2) is 0 Å². The third kappa shape index (κ3) is 4.74. The number of hydrogen-bond donors (Lipinski definition) is 1. The Labute approximate surface area is 100 Å². The molecule has 0 bridgehead atoms. The van der Waals surface area contributed by atoms with Crippen LogP contribution in [0.1, 0.15) is 19.3 Å². The zero-order valence-corrected chi connectivity index (χ0v) is 10.0. The van der Waals surface area contributed by atoms with Crippen molar-refractivity contribution in [3.8, 4) is 5.75 Å². The SMILES string of the molecule is NCCCCCOc1cc(Cl)ccc1Cl. The summed E-state index contributed by atoms with van der Waals surface area (Å²) in [6.07, 6.45) is 3.10. The van der Waals surface area contributed by atoms with Crippen LogP contribution >= 0.6 is 23.2 Å². The number of rotatable bonds is 6. The maximum atomic E-state index is 5.93. The van der Waals surface area contributed by atoms with E-state index in [4.69, 9.17) is 33.7 Å². The van der Waals surface area contributed by atoms with Crippen LogP contribution < -0.4 is 10.5 Å². The molecule has 0 radical (unpaired) electrons. The predicted molar refractivity (Wildman–Crippen MR) is 64.9 cm³/mol. The molecule has 0 aliphatic heterocycles. The smallest absolute Gasteiger partial charge is 0.139 e. The average Bonchev–Trinajstić information content (AvgIpc) is 2.23. The lowest BCUT2D eigenvalue weighted by Gasteiger charge is -2.07. The van der Waals surface area contributed by atoms with Crippen molar-refractivity contribution in [3.63, 3.8) is 0 Å². The summed E-state index contributed by atoms with van der Waals surface area (Å²) in [6, 6.07) is 5.21. The molecule has 0 amide bonds. The number of unbranched alkanes of at least 4 members (excludes halogenated alkanes) is 2. The van der Waals surface area contributed by atoms with Crippen LogP contribution in [0.25, 0.3) is 0 Å². The summed E-state index contributed by atoms with van der Waals surface area (Å²) in [7, 11) is 0. The third-order valence-corrected chi connectivity index (χ3v) is 2.55. The van der Waals surface area contributed by atoms with Gasteiger partial charge in [0, 0.05) is 11.1 Å². The van der Waals surface area contributed by atoms with Gasteiger partial charge in [0.2, 0.25) is 0 Å². The summed E-state index contributed by atoms with van der Waals surface area (Å²) < 4.78 is 5.51. The van der Waals surface area contributed by atoms with E-state index in [1.807, 2.05) is 0 Å². The van der Waals surface area contributed by atoms with Crippen LogP contribution in [-0.4, -0.2) is 13.2 Å². The molecule has 0 spiro atoms. The van der Waals surface area contributed by atoms with Gasteiger partial charge < -0.3 is 10.5 Å². The van der Waals surface area contributed by atoms with E-state index in [1.54, 1.807) is 18.2 Å². The Hall–Kier alpha value is -0.440. The molecular formula is C11H15Cl2NO. The van der Waals surface area contributed by atoms with Gasteiger partial charge in [-0.1, -0.05) is 23.2 Å². The summed E-state index contributed by atoms with van der Waals surface area (Å²) in [6.45, 7) is 1.39. The van der Waals surface area contributed by atoms with Crippen molar-refractivity contribution >= 4 is 23.2 Å². The van der Waals surface area contributed by atoms with Gasteiger partial charge in [-0.05, 0) is 37.9 Å². The quantitative estimate of drug-likeness (QED) is 0.782. The Morgan fingerprint density at radius 1 is 1.13 bits per heavy atom. The second kappa shape index (κ2) is 6.94. The zero-order chi connectivity index (χ0) is 11.1. The first-order valence-electron chi connectivity index (χ1n) is 5.02. The second-order valence-corrected chi connectivity index (χ2v) is 4.12. The zero-order valence-electron chi connectivity index (χ0n) is 8.51. The van der Waals surface area contributed by atoms with Crippen LogP contribution in [0.2, 0.25) is 10.0 Å². The van der Waals surface area contributed by atoms with Crippen LogP contribution in [0.4, 0.5) is 0 Å². The van der Waals surface area contributed by atoms with Crippen molar-refractivity contribution < 1.29 is 4.74 Å². The number of benzene rings is 1. The van der Waals surface area contributed by atoms with Gasteiger partial charge in [0.1, 0.15) is 5.75 Å². The summed E-state index contributed by atoms with van der Waals surface area (Å²) in [5.41, 5.74) is 5.39. The summed E-state index contributed by atoms with van der Waals surface area (Å²) in [4.78, 5) is 0. The van der Waals surface area contributed by atoms with Crippen LogP contribution in [-0.2, 0) is 0 Å². The maximum absolute atomic E-state index is 5.93. The Balaban J connectivity index is 2.33. The minimum absolute atomic E-state index is 0.596. The number of hydrogen-bond acceptors (Lipinski definition) is 2. The fourth-order valence-electron chi connectivity index (χ4n) is 1.19. The molecular weight excluding hydrogens is 233 g/mol. The first kappa shape index (κ1) is 12.6. The predicted octanol–water partition coefficient (Wildman–Crippen LogP) is 3.50. The molecule has 4 heteroatoms. The summed E-state index contributed by atoms with van der Waals surface area (Å²) in [5, 5.41) is 1.23. The summed E-state index contributed by atoms with van der Waals surface area (Å²) >= 11 is 11.8. The molecule has 1 rings (SSSR count). The first-order valence-corrected chi connectivity index (χ1v) is 5.77. The van der Waals surface area contributed by atoms with E-state index in [9.17, 15) is 0 Å². The van der Waals surface area contributed by atoms with Crippen molar-refractivity contribution in [1.29, 1.82) is 0 Å². The second-order valence-electron chi connectivity index (χ2n) is 3.27.